The van der Waals surface area contributed by atoms with E-state index in [2.05, 4.69) is 0 Å². The normalized spacial score (nSPS) is 14.5. The number of hydrogen-bond donors (Lipinski definition) is 0. The first-order chi connectivity index (χ1) is 7.65. The van der Waals surface area contributed by atoms with Gasteiger partial charge in [0, 0.05) is 17.3 Å². The third-order valence-corrected chi connectivity index (χ3v) is 3.28. The van der Waals surface area contributed by atoms with Gasteiger partial charge in [0.15, 0.2) is 0 Å². The first-order valence-corrected chi connectivity index (χ1v) is 6.57. The summed E-state index contributed by atoms with van der Waals surface area (Å²) in [5.41, 5.74) is 1.09. The molecule has 5 heteroatoms. The summed E-state index contributed by atoms with van der Waals surface area (Å²) in [6.45, 7) is 0.541. The predicted octanol–water partition coefficient (Wildman–Crippen LogP) is 2.23. The highest BCUT2D eigenvalue weighted by Gasteiger charge is 2.35. The largest absolute Gasteiger partial charge is 0.304 e. The molecule has 3 nitrogen and oxygen atoms in total. The Morgan fingerprint density at radius 1 is 1.38 bits per heavy atom. The van der Waals surface area contributed by atoms with Crippen LogP contribution in [-0.2, 0) is 4.79 Å². The zero-order chi connectivity index (χ0) is 11.7. The Hall–Kier alpha value is -1.00. The van der Waals surface area contributed by atoms with E-state index in [1.165, 1.54) is 4.90 Å². The number of carbonyl (C=O) groups excluding carboxylic acids is 2. The monoisotopic (exact) mass is 255 g/mol. The van der Waals surface area contributed by atoms with Gasteiger partial charge in [-0.1, -0.05) is 11.6 Å². The van der Waals surface area contributed by atoms with Gasteiger partial charge in [-0.15, -0.1) is 0 Å². The van der Waals surface area contributed by atoms with E-state index in [-0.39, 0.29) is 0 Å². The van der Waals surface area contributed by atoms with Crippen LogP contribution in [-0.4, -0.2) is 30.2 Å². The second-order valence-corrected chi connectivity index (χ2v) is 4.86. The topological polar surface area (TPSA) is 37.4 Å². The number of nitrogens with zero attached hydrogens (tertiary/aromatic N) is 1. The molecule has 1 aromatic rings. The molecular formula is C11H10ClNO2S. The number of thioether (sulfide) groups is 1. The Kier molecular flexibility index (Phi) is 3.21. The SMILES string of the molecule is CSCCN1C(=O)C(=O)c2ccc(Cl)cc21. The lowest BCUT2D eigenvalue weighted by Crippen LogP contribution is -2.31. The van der Waals surface area contributed by atoms with E-state index in [0.717, 1.165) is 5.75 Å². The second-order valence-electron chi connectivity index (χ2n) is 3.44. The Morgan fingerprint density at radius 2 is 2.12 bits per heavy atom. The van der Waals surface area contributed by atoms with E-state index in [4.69, 9.17) is 11.6 Å². The van der Waals surface area contributed by atoms with Gasteiger partial charge in [0.1, 0.15) is 0 Å². The number of benzene rings is 1. The maximum atomic E-state index is 11.7. The molecular weight excluding hydrogens is 246 g/mol. The Balaban J connectivity index is 2.39. The van der Waals surface area contributed by atoms with E-state index in [1.54, 1.807) is 30.0 Å². The second kappa shape index (κ2) is 4.47. The summed E-state index contributed by atoms with van der Waals surface area (Å²) in [6.07, 6.45) is 1.96. The molecule has 0 radical (unpaired) electrons. The number of carbonyl (C=O) groups is 2. The van der Waals surface area contributed by atoms with Crippen LogP contribution >= 0.6 is 23.4 Å². The minimum Gasteiger partial charge on any atom is -0.304 e. The van der Waals surface area contributed by atoms with Crippen molar-refractivity contribution in [1.82, 2.24) is 0 Å². The van der Waals surface area contributed by atoms with Crippen LogP contribution in [0.15, 0.2) is 18.2 Å². The molecule has 0 N–H and O–H groups in total. The molecule has 16 heavy (non-hydrogen) atoms. The smallest absolute Gasteiger partial charge is 0.299 e. The molecule has 1 aliphatic rings. The lowest BCUT2D eigenvalue weighted by atomic mass is 10.1. The van der Waals surface area contributed by atoms with Crippen molar-refractivity contribution in [3.8, 4) is 0 Å². The van der Waals surface area contributed by atoms with Crippen molar-refractivity contribution in [2.45, 2.75) is 0 Å². The number of ketones is 1. The standard InChI is InChI=1S/C11H10ClNO2S/c1-16-5-4-13-9-6-7(12)2-3-8(9)10(14)11(13)15/h2-3,6H,4-5H2,1H3. The molecule has 0 fully saturated rings. The molecule has 0 saturated carbocycles. The fourth-order valence-electron chi connectivity index (χ4n) is 1.67. The van der Waals surface area contributed by atoms with Gasteiger partial charge in [0.05, 0.1) is 11.3 Å². The number of halogens is 1. The van der Waals surface area contributed by atoms with Gasteiger partial charge >= 0.3 is 0 Å². The zero-order valence-corrected chi connectivity index (χ0v) is 10.3. The summed E-state index contributed by atoms with van der Waals surface area (Å²) in [5, 5.41) is 0.537. The molecule has 1 aliphatic heterocycles. The third kappa shape index (κ3) is 1.83. The van der Waals surface area contributed by atoms with Crippen molar-refractivity contribution in [2.24, 2.45) is 0 Å². The summed E-state index contributed by atoms with van der Waals surface area (Å²) < 4.78 is 0. The molecule has 0 bridgehead atoms. The van der Waals surface area contributed by atoms with Crippen molar-refractivity contribution in [3.05, 3.63) is 28.8 Å². The molecule has 0 atom stereocenters. The molecule has 1 heterocycles. The minimum absolute atomic E-state index is 0.437. The quantitative estimate of drug-likeness (QED) is 0.778. The Morgan fingerprint density at radius 3 is 2.81 bits per heavy atom. The zero-order valence-electron chi connectivity index (χ0n) is 8.70. The minimum atomic E-state index is -0.452. The summed E-state index contributed by atoms with van der Waals surface area (Å²) >= 11 is 7.50. The number of rotatable bonds is 3. The molecule has 0 aliphatic carbocycles. The predicted molar refractivity (Wildman–Crippen MR) is 66.5 cm³/mol. The van der Waals surface area contributed by atoms with Crippen LogP contribution in [0, 0.1) is 0 Å². The van der Waals surface area contributed by atoms with Crippen LogP contribution in [0.3, 0.4) is 0 Å². The number of amides is 1. The van der Waals surface area contributed by atoms with Crippen molar-refractivity contribution < 1.29 is 9.59 Å². The van der Waals surface area contributed by atoms with Crippen molar-refractivity contribution in [2.75, 3.05) is 23.5 Å². The van der Waals surface area contributed by atoms with E-state index in [0.29, 0.717) is 22.8 Å². The average molecular weight is 256 g/mol. The van der Waals surface area contributed by atoms with Gasteiger partial charge in [-0.2, -0.15) is 11.8 Å². The van der Waals surface area contributed by atoms with Gasteiger partial charge in [0.25, 0.3) is 11.7 Å². The van der Waals surface area contributed by atoms with Crippen LogP contribution < -0.4 is 4.90 Å². The lowest BCUT2D eigenvalue weighted by Gasteiger charge is -2.15. The summed E-state index contributed by atoms with van der Waals surface area (Å²) in [4.78, 5) is 24.8. The average Bonchev–Trinajstić information content (AvgIpc) is 2.50. The molecule has 0 spiro atoms. The fraction of sp³-hybridized carbons (Fsp3) is 0.273. The van der Waals surface area contributed by atoms with E-state index in [1.807, 2.05) is 6.26 Å². The van der Waals surface area contributed by atoms with Crippen molar-refractivity contribution in [1.29, 1.82) is 0 Å². The molecule has 0 aromatic heterocycles. The molecule has 0 saturated heterocycles. The number of hydrogen-bond acceptors (Lipinski definition) is 3. The van der Waals surface area contributed by atoms with Crippen molar-refractivity contribution in [3.63, 3.8) is 0 Å². The van der Waals surface area contributed by atoms with E-state index >= 15 is 0 Å². The number of anilines is 1. The van der Waals surface area contributed by atoms with E-state index < -0.39 is 11.7 Å². The van der Waals surface area contributed by atoms with Gasteiger partial charge in [-0.25, -0.2) is 0 Å². The first-order valence-electron chi connectivity index (χ1n) is 4.80. The summed E-state index contributed by atoms with van der Waals surface area (Å²) in [7, 11) is 0. The lowest BCUT2D eigenvalue weighted by molar-refractivity contribution is -0.114. The van der Waals surface area contributed by atoms with Crippen LogP contribution in [0.25, 0.3) is 0 Å². The van der Waals surface area contributed by atoms with Gasteiger partial charge in [0.2, 0.25) is 0 Å². The number of fused-ring (bicyclic) bond motifs is 1. The molecule has 84 valence electrons. The highest BCUT2D eigenvalue weighted by Crippen LogP contribution is 2.31. The third-order valence-electron chi connectivity index (χ3n) is 2.45. The Bertz CT molecular complexity index is 461. The summed E-state index contributed by atoms with van der Waals surface area (Å²) in [5.74, 6) is -0.0931. The van der Waals surface area contributed by atoms with Crippen molar-refractivity contribution >= 4 is 40.7 Å². The van der Waals surface area contributed by atoms with Crippen LogP contribution in [0.2, 0.25) is 5.02 Å². The van der Waals surface area contributed by atoms with Crippen LogP contribution in [0.4, 0.5) is 5.69 Å². The molecule has 2 rings (SSSR count). The molecule has 1 amide bonds. The van der Waals surface area contributed by atoms with Gasteiger partial charge in [-0.05, 0) is 24.5 Å². The van der Waals surface area contributed by atoms with Crippen LogP contribution in [0.5, 0.6) is 0 Å². The molecule has 1 aromatic carbocycles. The van der Waals surface area contributed by atoms with Gasteiger partial charge in [-0.3, -0.25) is 9.59 Å². The maximum Gasteiger partial charge on any atom is 0.299 e. The van der Waals surface area contributed by atoms with Crippen LogP contribution in [0.1, 0.15) is 10.4 Å². The maximum absolute atomic E-state index is 11.7. The highest BCUT2D eigenvalue weighted by molar-refractivity contribution is 7.98. The first kappa shape index (κ1) is 11.5. The van der Waals surface area contributed by atoms with E-state index in [9.17, 15) is 9.59 Å². The van der Waals surface area contributed by atoms with Gasteiger partial charge < -0.3 is 4.90 Å². The fourth-order valence-corrected chi connectivity index (χ4v) is 2.20. The summed E-state index contributed by atoms with van der Waals surface area (Å²) in [6, 6.07) is 4.90. The molecule has 0 unspecified atom stereocenters. The number of Topliss-reactive ketones (excluding diaryl/α,β-unsaturated/α-hetero) is 1. The Labute approximate surface area is 103 Å². The highest BCUT2D eigenvalue weighted by atomic mass is 35.5.